The van der Waals surface area contributed by atoms with E-state index in [2.05, 4.69) is 36.4 Å². The van der Waals surface area contributed by atoms with Crippen molar-refractivity contribution in [1.29, 1.82) is 0 Å². The molecule has 4 aromatic carbocycles. The van der Waals surface area contributed by atoms with Gasteiger partial charge in [0, 0.05) is 19.4 Å². The third kappa shape index (κ3) is 10.3. The summed E-state index contributed by atoms with van der Waals surface area (Å²) >= 11 is 0. The molecule has 6 aliphatic heterocycles. The maximum Gasteiger partial charge on any atom is 0.306 e. The van der Waals surface area contributed by atoms with Crippen LogP contribution < -0.4 is 0 Å². The van der Waals surface area contributed by atoms with Crippen molar-refractivity contribution < 1.29 is 62.0 Å². The summed E-state index contributed by atoms with van der Waals surface area (Å²) in [4.78, 5) is 12.0. The second-order valence-corrected chi connectivity index (χ2v) is 18.5. The molecule has 15 atom stereocenters. The normalized spacial score (nSPS) is 35.8. The van der Waals surface area contributed by atoms with Gasteiger partial charge in [-0.25, -0.2) is 0 Å². The van der Waals surface area contributed by atoms with Gasteiger partial charge in [0.1, 0.15) is 54.9 Å². The van der Waals surface area contributed by atoms with Crippen molar-refractivity contribution in [3.63, 3.8) is 0 Å². The van der Waals surface area contributed by atoms with Crippen molar-refractivity contribution in [2.75, 3.05) is 6.61 Å². The summed E-state index contributed by atoms with van der Waals surface area (Å²) in [7, 11) is 0. The molecular weight excluding hydrogens is 833 g/mol. The Labute approximate surface area is 380 Å². The summed E-state index contributed by atoms with van der Waals surface area (Å²) in [6, 6.07) is 40.5. The van der Waals surface area contributed by atoms with Crippen LogP contribution >= 0.6 is 0 Å². The largest absolute Gasteiger partial charge is 0.481 e. The second-order valence-electron chi connectivity index (χ2n) is 18.5. The van der Waals surface area contributed by atoms with Crippen LogP contribution in [0.4, 0.5) is 0 Å². The first kappa shape index (κ1) is 44.7. The molecule has 13 heteroatoms. The molecule has 13 nitrogen and oxygen atoms in total. The van der Waals surface area contributed by atoms with Gasteiger partial charge in [0.2, 0.25) is 0 Å². The van der Waals surface area contributed by atoms with Gasteiger partial charge in [0.05, 0.1) is 69.5 Å². The van der Waals surface area contributed by atoms with Crippen molar-refractivity contribution in [3.05, 3.63) is 144 Å². The minimum absolute atomic E-state index is 0.213. The molecule has 0 radical (unpaired) electrons. The van der Waals surface area contributed by atoms with Crippen LogP contribution in [0.25, 0.3) is 0 Å². The molecule has 0 bridgehead atoms. The van der Waals surface area contributed by atoms with E-state index in [-0.39, 0.29) is 12.5 Å². The lowest BCUT2D eigenvalue weighted by atomic mass is 9.80. The Morgan fingerprint density at radius 2 is 0.969 bits per heavy atom. The molecule has 1 N–H and O–H groups in total. The standard InChI is InChI=1S/C52H60O13/c1-52(2)64-46-41(27-42(53)54)59-39-25-37-38(62-45(39)51(46)65-52)26-40-44(61-37)48(58-31-35-21-13-6-14-22-35)50-49(63-40)47(57-30-34-19-11-5-12-20-34)43(56-29-33-17-9-4-10-18-33)36(60-50)23-24-55-28-32-15-7-3-8-16-32/h3-22,36-41,43-51H,23-31H2,1-2H3,(H,53,54)/t36-,37-,38+,39+,40-,41-,43-,44-,45+,46-,47+,48+,49-,50+,51+/m0/s1. The fourth-order valence-corrected chi connectivity index (χ4v) is 10.6. The summed E-state index contributed by atoms with van der Waals surface area (Å²) in [5.41, 5.74) is 4.17. The maximum absolute atomic E-state index is 12.0. The number of fused-ring (bicyclic) bond motifs is 6. The van der Waals surface area contributed by atoms with Crippen LogP contribution in [0.15, 0.2) is 121 Å². The summed E-state index contributed by atoms with van der Waals surface area (Å²) in [5.74, 6) is -1.89. The van der Waals surface area contributed by atoms with E-state index >= 15 is 0 Å². The zero-order valence-electron chi connectivity index (χ0n) is 36.9. The fourth-order valence-electron chi connectivity index (χ4n) is 10.6. The quantitative estimate of drug-likeness (QED) is 0.116. The lowest BCUT2D eigenvalue weighted by molar-refractivity contribution is -0.365. The third-order valence-electron chi connectivity index (χ3n) is 13.5. The number of carboxylic acids is 1. The van der Waals surface area contributed by atoms with Crippen molar-refractivity contribution in [1.82, 2.24) is 0 Å². The van der Waals surface area contributed by atoms with E-state index in [1.807, 2.05) is 98.8 Å². The molecule has 6 aliphatic rings. The molecule has 0 aromatic heterocycles. The number of hydrogen-bond donors (Lipinski definition) is 1. The Bertz CT molecular complexity index is 2130. The number of hydrogen-bond acceptors (Lipinski definition) is 12. The maximum atomic E-state index is 12.0. The minimum Gasteiger partial charge on any atom is -0.481 e. The van der Waals surface area contributed by atoms with Crippen LogP contribution in [0, 0.1) is 0 Å². The first-order valence-electron chi connectivity index (χ1n) is 23.2. The number of rotatable bonds is 16. The topological polar surface area (TPSA) is 139 Å². The van der Waals surface area contributed by atoms with Crippen LogP contribution in [0.5, 0.6) is 0 Å². The Morgan fingerprint density at radius 3 is 1.54 bits per heavy atom. The highest BCUT2D eigenvalue weighted by molar-refractivity contribution is 5.67. The lowest BCUT2D eigenvalue weighted by Crippen LogP contribution is -2.73. The van der Waals surface area contributed by atoms with Gasteiger partial charge >= 0.3 is 5.97 Å². The van der Waals surface area contributed by atoms with Gasteiger partial charge in [-0.3, -0.25) is 4.79 Å². The molecule has 0 amide bonds. The van der Waals surface area contributed by atoms with Crippen molar-refractivity contribution in [2.24, 2.45) is 0 Å². The second kappa shape index (κ2) is 20.0. The van der Waals surface area contributed by atoms with Crippen LogP contribution in [0.1, 0.15) is 61.8 Å². The smallest absolute Gasteiger partial charge is 0.306 e. The Hall–Kier alpha value is -4.09. The molecule has 0 unspecified atom stereocenters. The predicted molar refractivity (Wildman–Crippen MR) is 234 cm³/mol. The fraction of sp³-hybridized carbons (Fsp3) is 0.519. The highest BCUT2D eigenvalue weighted by Gasteiger charge is 2.63. The number of ether oxygens (including phenoxy) is 11. The minimum atomic E-state index is -0.966. The molecule has 10 rings (SSSR count). The Morgan fingerprint density at radius 1 is 0.508 bits per heavy atom. The summed E-state index contributed by atoms with van der Waals surface area (Å²) in [6.45, 7) is 5.57. The molecule has 6 fully saturated rings. The van der Waals surface area contributed by atoms with E-state index in [0.717, 1.165) is 22.3 Å². The summed E-state index contributed by atoms with van der Waals surface area (Å²) in [6.07, 6.45) is -6.58. The number of benzene rings is 4. The molecule has 0 aliphatic carbocycles. The summed E-state index contributed by atoms with van der Waals surface area (Å²) in [5, 5.41) is 9.82. The van der Waals surface area contributed by atoms with Gasteiger partial charge in [-0.2, -0.15) is 0 Å². The molecule has 4 aromatic rings. The van der Waals surface area contributed by atoms with E-state index < -0.39 is 97.2 Å². The van der Waals surface area contributed by atoms with Crippen molar-refractivity contribution in [3.8, 4) is 0 Å². The highest BCUT2D eigenvalue weighted by atomic mass is 16.8. The monoisotopic (exact) mass is 892 g/mol. The molecule has 346 valence electrons. The SMILES string of the molecule is CC1(C)O[C@H]2[C@@H](O1)[C@H](CC(=O)O)O[C@@H]1C[C@@H]3O[C@@H]4[C@@H](OCc5ccccc5)[C@H]5O[C@@H](CCOCc6ccccc6)[C@H](OCc6ccccc6)[C@@H](OCc6ccccc6)[C@@H]5O[C@H]4C[C@H]3O[C@@H]21. The van der Waals surface area contributed by atoms with E-state index in [0.29, 0.717) is 52.3 Å². The zero-order valence-corrected chi connectivity index (χ0v) is 36.9. The molecule has 6 heterocycles. The Kier molecular flexibility index (Phi) is 13.8. The number of aliphatic carboxylic acids is 1. The van der Waals surface area contributed by atoms with Crippen molar-refractivity contribution >= 4 is 5.97 Å². The van der Waals surface area contributed by atoms with Gasteiger partial charge in [0.25, 0.3) is 0 Å². The van der Waals surface area contributed by atoms with Crippen LogP contribution in [-0.2, 0) is 83.3 Å². The van der Waals surface area contributed by atoms with E-state index in [1.165, 1.54) is 0 Å². The summed E-state index contributed by atoms with van der Waals surface area (Å²) < 4.78 is 75.0. The Balaban J connectivity index is 0.958. The van der Waals surface area contributed by atoms with E-state index in [9.17, 15) is 9.90 Å². The van der Waals surface area contributed by atoms with Gasteiger partial charge < -0.3 is 57.2 Å². The first-order valence-corrected chi connectivity index (χ1v) is 23.2. The molecule has 0 saturated carbocycles. The average Bonchev–Trinajstić information content (AvgIpc) is 3.66. The third-order valence-corrected chi connectivity index (χ3v) is 13.5. The van der Waals surface area contributed by atoms with Gasteiger partial charge in [0.15, 0.2) is 5.79 Å². The van der Waals surface area contributed by atoms with E-state index in [1.54, 1.807) is 0 Å². The van der Waals surface area contributed by atoms with Crippen LogP contribution in [-0.4, -0.2) is 115 Å². The van der Waals surface area contributed by atoms with Crippen LogP contribution in [0.2, 0.25) is 0 Å². The van der Waals surface area contributed by atoms with Crippen molar-refractivity contribution in [2.45, 2.75) is 163 Å². The van der Waals surface area contributed by atoms with Crippen LogP contribution in [0.3, 0.4) is 0 Å². The van der Waals surface area contributed by atoms with Gasteiger partial charge in [-0.15, -0.1) is 0 Å². The van der Waals surface area contributed by atoms with E-state index in [4.69, 9.17) is 52.1 Å². The first-order chi connectivity index (χ1) is 31.7. The predicted octanol–water partition coefficient (Wildman–Crippen LogP) is 6.96. The number of carboxylic acid groups (broad SMARTS) is 1. The molecular formula is C52H60O13. The van der Waals surface area contributed by atoms with Gasteiger partial charge in [-0.05, 0) is 42.5 Å². The lowest BCUT2D eigenvalue weighted by Gasteiger charge is -2.58. The molecule has 0 spiro atoms. The molecule has 6 saturated heterocycles. The average molecular weight is 893 g/mol. The van der Waals surface area contributed by atoms with Gasteiger partial charge in [-0.1, -0.05) is 121 Å². The zero-order chi connectivity index (χ0) is 44.3. The number of carbonyl (C=O) groups is 1. The highest BCUT2D eigenvalue weighted by Crippen LogP contribution is 2.48. The molecule has 65 heavy (non-hydrogen) atoms.